The molecule has 2 N–H and O–H groups in total. The number of imidazole rings is 1. The van der Waals surface area contributed by atoms with Crippen LogP contribution in [0.5, 0.6) is 0 Å². The van der Waals surface area contributed by atoms with E-state index in [1.807, 2.05) is 16.8 Å². The maximum Gasteiger partial charge on any atom is 0.255 e. The number of nitrogens with two attached hydrogens (primary N) is 1. The van der Waals surface area contributed by atoms with Crippen LogP contribution >= 0.6 is 0 Å². The van der Waals surface area contributed by atoms with E-state index in [1.54, 1.807) is 37.3 Å². The zero-order valence-corrected chi connectivity index (χ0v) is 12.1. The predicted octanol–water partition coefficient (Wildman–Crippen LogP) is 2.11. The number of carbonyl (C=O) groups is 1. The van der Waals surface area contributed by atoms with Gasteiger partial charge in [0.25, 0.3) is 5.91 Å². The molecule has 0 aliphatic rings. The lowest BCUT2D eigenvalue weighted by atomic mass is 10.1. The van der Waals surface area contributed by atoms with Gasteiger partial charge < -0.3 is 15.2 Å². The molecular weight excluding hydrogens is 252 g/mol. The summed E-state index contributed by atoms with van der Waals surface area (Å²) in [6.07, 6.45) is 5.47. The number of nitrogens with zero attached hydrogens (tertiary/aromatic N) is 3. The van der Waals surface area contributed by atoms with Crippen LogP contribution < -0.4 is 5.73 Å². The van der Waals surface area contributed by atoms with Crippen LogP contribution in [-0.4, -0.2) is 34.5 Å². The first-order valence-corrected chi connectivity index (χ1v) is 6.68. The first-order valence-electron chi connectivity index (χ1n) is 6.68. The fourth-order valence-corrected chi connectivity index (χ4v) is 2.13. The lowest BCUT2D eigenvalue weighted by Gasteiger charge is -2.16. The van der Waals surface area contributed by atoms with Crippen molar-refractivity contribution < 1.29 is 4.79 Å². The second kappa shape index (κ2) is 5.77. The molecule has 0 aliphatic heterocycles. The summed E-state index contributed by atoms with van der Waals surface area (Å²) in [5.41, 5.74) is 7.91. The fraction of sp³-hybridized carbons (Fsp3) is 0.333. The van der Waals surface area contributed by atoms with Gasteiger partial charge in [-0.1, -0.05) is 6.92 Å². The number of nitrogen functional groups attached to an aromatic ring is 1. The van der Waals surface area contributed by atoms with Crippen LogP contribution in [0.15, 0.2) is 30.6 Å². The average Bonchev–Trinajstić information content (AvgIpc) is 2.86. The number of benzene rings is 1. The first-order chi connectivity index (χ1) is 9.54. The van der Waals surface area contributed by atoms with Gasteiger partial charge in [-0.2, -0.15) is 0 Å². The lowest BCUT2D eigenvalue weighted by Crippen LogP contribution is -2.23. The van der Waals surface area contributed by atoms with Crippen molar-refractivity contribution in [3.63, 3.8) is 0 Å². The van der Waals surface area contributed by atoms with E-state index in [0.29, 0.717) is 11.3 Å². The Morgan fingerprint density at radius 3 is 2.80 bits per heavy atom. The Labute approximate surface area is 119 Å². The minimum absolute atomic E-state index is 0.0452. The number of rotatable bonds is 4. The molecule has 0 aliphatic carbocycles. The third-order valence-corrected chi connectivity index (χ3v) is 3.11. The quantitative estimate of drug-likeness (QED) is 0.867. The maximum absolute atomic E-state index is 12.3. The molecule has 2 rings (SSSR count). The highest BCUT2D eigenvalue weighted by molar-refractivity contribution is 5.98. The van der Waals surface area contributed by atoms with Gasteiger partial charge in [0.05, 0.1) is 11.3 Å². The monoisotopic (exact) mass is 272 g/mol. The van der Waals surface area contributed by atoms with Crippen LogP contribution in [-0.2, 0) is 6.42 Å². The Balaban J connectivity index is 2.57. The molecule has 0 bridgehead atoms. The van der Waals surface area contributed by atoms with E-state index >= 15 is 0 Å². The number of aryl methyl sites for hydroxylation is 1. The van der Waals surface area contributed by atoms with Crippen molar-refractivity contribution in [3.8, 4) is 5.69 Å². The third-order valence-electron chi connectivity index (χ3n) is 3.11. The molecule has 0 spiro atoms. The van der Waals surface area contributed by atoms with E-state index in [4.69, 9.17) is 5.73 Å². The summed E-state index contributed by atoms with van der Waals surface area (Å²) in [6.45, 7) is 2.10. The summed E-state index contributed by atoms with van der Waals surface area (Å²) in [4.78, 5) is 18.2. The molecule has 5 heteroatoms. The lowest BCUT2D eigenvalue weighted by molar-refractivity contribution is 0.0827. The van der Waals surface area contributed by atoms with Crippen molar-refractivity contribution in [1.82, 2.24) is 14.5 Å². The molecule has 20 heavy (non-hydrogen) atoms. The van der Waals surface area contributed by atoms with Crippen LogP contribution in [0.25, 0.3) is 5.69 Å². The van der Waals surface area contributed by atoms with Crippen LogP contribution in [0, 0.1) is 0 Å². The van der Waals surface area contributed by atoms with E-state index in [0.717, 1.165) is 24.4 Å². The van der Waals surface area contributed by atoms with E-state index in [2.05, 4.69) is 11.9 Å². The van der Waals surface area contributed by atoms with Crippen molar-refractivity contribution >= 4 is 11.6 Å². The van der Waals surface area contributed by atoms with Crippen molar-refractivity contribution in [3.05, 3.63) is 42.0 Å². The highest BCUT2D eigenvalue weighted by Gasteiger charge is 2.16. The van der Waals surface area contributed by atoms with Gasteiger partial charge in [-0.15, -0.1) is 0 Å². The molecule has 1 aromatic heterocycles. The van der Waals surface area contributed by atoms with E-state index < -0.39 is 0 Å². The molecule has 5 nitrogen and oxygen atoms in total. The molecule has 106 valence electrons. The molecule has 1 aromatic carbocycles. The summed E-state index contributed by atoms with van der Waals surface area (Å²) < 4.78 is 1.94. The number of aromatic nitrogens is 2. The number of carbonyl (C=O) groups excluding carboxylic acids is 1. The smallest absolute Gasteiger partial charge is 0.255 e. The Morgan fingerprint density at radius 2 is 2.15 bits per heavy atom. The topological polar surface area (TPSA) is 64.2 Å². The molecule has 2 aromatic rings. The molecule has 0 unspecified atom stereocenters. The van der Waals surface area contributed by atoms with Crippen LogP contribution in [0.4, 0.5) is 5.69 Å². The summed E-state index contributed by atoms with van der Waals surface area (Å²) in [6, 6.07) is 5.33. The normalized spacial score (nSPS) is 10.6. The summed E-state index contributed by atoms with van der Waals surface area (Å²) in [5.74, 6) is 0.891. The van der Waals surface area contributed by atoms with Crippen molar-refractivity contribution in [1.29, 1.82) is 0 Å². The summed E-state index contributed by atoms with van der Waals surface area (Å²) in [7, 11) is 3.48. The van der Waals surface area contributed by atoms with E-state index in [-0.39, 0.29) is 5.91 Å². The molecule has 0 radical (unpaired) electrons. The average molecular weight is 272 g/mol. The zero-order chi connectivity index (χ0) is 14.7. The van der Waals surface area contributed by atoms with Crippen LogP contribution in [0.1, 0.15) is 29.5 Å². The van der Waals surface area contributed by atoms with Gasteiger partial charge >= 0.3 is 0 Å². The van der Waals surface area contributed by atoms with Gasteiger partial charge in [-0.25, -0.2) is 4.98 Å². The molecule has 0 fully saturated rings. The maximum atomic E-state index is 12.3. The van der Waals surface area contributed by atoms with Crippen molar-refractivity contribution in [2.45, 2.75) is 19.8 Å². The summed E-state index contributed by atoms with van der Waals surface area (Å²) in [5, 5.41) is 0. The van der Waals surface area contributed by atoms with Gasteiger partial charge in [0.1, 0.15) is 5.82 Å². The number of anilines is 1. The molecular formula is C15H20N4O. The number of amides is 1. The second-order valence-electron chi connectivity index (χ2n) is 4.94. The first kappa shape index (κ1) is 14.1. The van der Waals surface area contributed by atoms with Crippen LogP contribution in [0.2, 0.25) is 0 Å². The summed E-state index contributed by atoms with van der Waals surface area (Å²) >= 11 is 0. The predicted molar refractivity (Wildman–Crippen MR) is 80.0 cm³/mol. The van der Waals surface area contributed by atoms with Gasteiger partial charge in [0.2, 0.25) is 0 Å². The van der Waals surface area contributed by atoms with E-state index in [9.17, 15) is 4.79 Å². The highest BCUT2D eigenvalue weighted by atomic mass is 16.2. The molecule has 0 atom stereocenters. The zero-order valence-electron chi connectivity index (χ0n) is 12.1. The van der Waals surface area contributed by atoms with Crippen molar-refractivity contribution in [2.24, 2.45) is 0 Å². The Hall–Kier alpha value is -2.30. The van der Waals surface area contributed by atoms with Gasteiger partial charge in [0.15, 0.2) is 0 Å². The van der Waals surface area contributed by atoms with Gasteiger partial charge in [0, 0.05) is 38.6 Å². The Morgan fingerprint density at radius 1 is 1.40 bits per heavy atom. The van der Waals surface area contributed by atoms with E-state index in [1.165, 1.54) is 0 Å². The second-order valence-corrected chi connectivity index (χ2v) is 4.94. The third kappa shape index (κ3) is 2.66. The fourth-order valence-electron chi connectivity index (χ4n) is 2.13. The van der Waals surface area contributed by atoms with Crippen LogP contribution in [0.3, 0.4) is 0 Å². The van der Waals surface area contributed by atoms with Gasteiger partial charge in [-0.05, 0) is 24.6 Å². The minimum atomic E-state index is -0.0452. The van der Waals surface area contributed by atoms with Gasteiger partial charge in [-0.3, -0.25) is 4.79 Å². The number of hydrogen-bond donors (Lipinski definition) is 1. The SMILES string of the molecule is CCCc1nccn1-c1cc(N)ccc1C(=O)N(C)C. The molecule has 0 saturated carbocycles. The van der Waals surface area contributed by atoms with Crippen molar-refractivity contribution in [2.75, 3.05) is 19.8 Å². The molecule has 1 heterocycles. The highest BCUT2D eigenvalue weighted by Crippen LogP contribution is 2.21. The standard InChI is InChI=1S/C15H20N4O/c1-4-5-14-17-8-9-19(14)13-10-11(16)6-7-12(13)15(20)18(2)3/h6-10H,4-5,16H2,1-3H3. The Bertz CT molecular complexity index is 616. The Kier molecular flexibility index (Phi) is 4.08. The largest absolute Gasteiger partial charge is 0.399 e. The number of hydrogen-bond acceptors (Lipinski definition) is 3. The minimum Gasteiger partial charge on any atom is -0.399 e. The molecule has 0 saturated heterocycles. The molecule has 1 amide bonds.